The summed E-state index contributed by atoms with van der Waals surface area (Å²) >= 11 is 0. The van der Waals surface area contributed by atoms with Gasteiger partial charge in [-0.2, -0.15) is 4.98 Å². The van der Waals surface area contributed by atoms with E-state index in [4.69, 9.17) is 9.84 Å². The SMILES string of the molecule is COc1cc(C)nc(N2CCC(CC(=O)O)CC2)n1. The quantitative estimate of drug-likeness (QED) is 0.888. The molecule has 2 rings (SSSR count). The van der Waals surface area contributed by atoms with Crippen LogP contribution < -0.4 is 9.64 Å². The molecule has 1 aliphatic heterocycles. The molecule has 0 bridgehead atoms. The number of hydrogen-bond acceptors (Lipinski definition) is 5. The van der Waals surface area contributed by atoms with E-state index in [1.54, 1.807) is 13.2 Å². The Hall–Kier alpha value is -1.85. The van der Waals surface area contributed by atoms with Crippen molar-refractivity contribution in [1.29, 1.82) is 0 Å². The monoisotopic (exact) mass is 265 g/mol. The maximum Gasteiger partial charge on any atom is 0.303 e. The molecular weight excluding hydrogens is 246 g/mol. The third kappa shape index (κ3) is 3.56. The molecule has 6 heteroatoms. The highest BCUT2D eigenvalue weighted by Gasteiger charge is 2.23. The third-order valence-corrected chi connectivity index (χ3v) is 3.39. The second-order valence-electron chi connectivity index (χ2n) is 4.88. The van der Waals surface area contributed by atoms with Gasteiger partial charge in [0.2, 0.25) is 11.8 Å². The van der Waals surface area contributed by atoms with Gasteiger partial charge in [0.25, 0.3) is 0 Å². The first kappa shape index (κ1) is 13.6. The summed E-state index contributed by atoms with van der Waals surface area (Å²) < 4.78 is 5.14. The zero-order chi connectivity index (χ0) is 13.8. The largest absolute Gasteiger partial charge is 0.481 e. The Morgan fingerprint density at radius 3 is 2.74 bits per heavy atom. The van der Waals surface area contributed by atoms with Crippen LogP contribution in [-0.4, -0.2) is 41.2 Å². The molecule has 6 nitrogen and oxygen atoms in total. The van der Waals surface area contributed by atoms with E-state index in [9.17, 15) is 4.79 Å². The first-order valence-corrected chi connectivity index (χ1v) is 6.45. The number of nitrogens with zero attached hydrogens (tertiary/aromatic N) is 3. The lowest BCUT2D eigenvalue weighted by atomic mass is 9.94. The zero-order valence-corrected chi connectivity index (χ0v) is 11.3. The van der Waals surface area contributed by atoms with Crippen molar-refractivity contribution < 1.29 is 14.6 Å². The van der Waals surface area contributed by atoms with Crippen LogP contribution in [0.25, 0.3) is 0 Å². The van der Waals surface area contributed by atoms with Gasteiger partial charge in [-0.25, -0.2) is 4.98 Å². The van der Waals surface area contributed by atoms with E-state index in [1.165, 1.54) is 0 Å². The molecule has 0 amide bonds. The maximum atomic E-state index is 10.7. The summed E-state index contributed by atoms with van der Waals surface area (Å²) in [7, 11) is 1.59. The normalized spacial score (nSPS) is 16.4. The van der Waals surface area contributed by atoms with Gasteiger partial charge >= 0.3 is 5.97 Å². The third-order valence-electron chi connectivity index (χ3n) is 3.39. The van der Waals surface area contributed by atoms with Crippen molar-refractivity contribution in [1.82, 2.24) is 9.97 Å². The number of piperidine rings is 1. The van der Waals surface area contributed by atoms with Crippen LogP contribution in [0.4, 0.5) is 5.95 Å². The standard InChI is InChI=1S/C13H19N3O3/c1-9-7-11(19-2)15-13(14-9)16-5-3-10(4-6-16)8-12(17)18/h7,10H,3-6,8H2,1-2H3,(H,17,18). The van der Waals surface area contributed by atoms with Gasteiger partial charge in [-0.05, 0) is 25.7 Å². The molecule has 1 aromatic heterocycles. The van der Waals surface area contributed by atoms with E-state index in [2.05, 4.69) is 14.9 Å². The van der Waals surface area contributed by atoms with E-state index in [0.717, 1.165) is 31.6 Å². The molecule has 1 N–H and O–H groups in total. The van der Waals surface area contributed by atoms with E-state index < -0.39 is 5.97 Å². The number of ether oxygens (including phenoxy) is 1. The number of aryl methyl sites for hydroxylation is 1. The van der Waals surface area contributed by atoms with Crippen LogP contribution in [0.3, 0.4) is 0 Å². The van der Waals surface area contributed by atoms with Gasteiger partial charge in [0, 0.05) is 31.3 Å². The number of carbonyl (C=O) groups is 1. The molecule has 1 fully saturated rings. The predicted molar refractivity (Wildman–Crippen MR) is 70.5 cm³/mol. The fourth-order valence-electron chi connectivity index (χ4n) is 2.35. The molecule has 1 saturated heterocycles. The molecule has 2 heterocycles. The Labute approximate surface area is 112 Å². The fourth-order valence-corrected chi connectivity index (χ4v) is 2.35. The lowest BCUT2D eigenvalue weighted by Crippen LogP contribution is -2.35. The molecule has 0 unspecified atom stereocenters. The summed E-state index contributed by atoms with van der Waals surface area (Å²) in [6, 6.07) is 1.79. The van der Waals surface area contributed by atoms with Crippen molar-refractivity contribution in [3.8, 4) is 5.88 Å². The van der Waals surface area contributed by atoms with Crippen LogP contribution in [0, 0.1) is 12.8 Å². The van der Waals surface area contributed by atoms with Crippen molar-refractivity contribution in [3.63, 3.8) is 0 Å². The van der Waals surface area contributed by atoms with Crippen LogP contribution in [0.15, 0.2) is 6.07 Å². The highest BCUT2D eigenvalue weighted by Crippen LogP contribution is 2.24. The smallest absolute Gasteiger partial charge is 0.303 e. The molecule has 0 saturated carbocycles. The Kier molecular flexibility index (Phi) is 4.19. The molecule has 19 heavy (non-hydrogen) atoms. The average Bonchev–Trinajstić information content (AvgIpc) is 2.38. The minimum Gasteiger partial charge on any atom is -0.481 e. The minimum absolute atomic E-state index is 0.256. The van der Waals surface area contributed by atoms with E-state index in [0.29, 0.717) is 11.8 Å². The number of hydrogen-bond donors (Lipinski definition) is 1. The maximum absolute atomic E-state index is 10.7. The molecule has 104 valence electrons. The van der Waals surface area contributed by atoms with Gasteiger partial charge in [0.1, 0.15) is 0 Å². The number of methoxy groups -OCH3 is 1. The van der Waals surface area contributed by atoms with Gasteiger partial charge in [-0.3, -0.25) is 4.79 Å². The van der Waals surface area contributed by atoms with Crippen LogP contribution in [0.5, 0.6) is 5.88 Å². The Balaban J connectivity index is 2.01. The average molecular weight is 265 g/mol. The molecule has 0 radical (unpaired) electrons. The van der Waals surface area contributed by atoms with Gasteiger partial charge < -0.3 is 14.7 Å². The predicted octanol–water partition coefficient (Wildman–Crippen LogP) is 1.48. The number of rotatable bonds is 4. The van der Waals surface area contributed by atoms with Crippen molar-refractivity contribution in [3.05, 3.63) is 11.8 Å². The Morgan fingerprint density at radius 2 is 2.16 bits per heavy atom. The van der Waals surface area contributed by atoms with E-state index >= 15 is 0 Å². The highest BCUT2D eigenvalue weighted by atomic mass is 16.5. The number of aliphatic carboxylic acids is 1. The summed E-state index contributed by atoms with van der Waals surface area (Å²) in [5, 5.41) is 8.80. The van der Waals surface area contributed by atoms with E-state index in [-0.39, 0.29) is 12.3 Å². The lowest BCUT2D eigenvalue weighted by molar-refractivity contribution is -0.138. The van der Waals surface area contributed by atoms with Crippen molar-refractivity contribution in [2.45, 2.75) is 26.2 Å². The summed E-state index contributed by atoms with van der Waals surface area (Å²) in [6.45, 7) is 3.50. The van der Waals surface area contributed by atoms with Crippen LogP contribution in [-0.2, 0) is 4.79 Å². The number of carboxylic acid groups (broad SMARTS) is 1. The van der Waals surface area contributed by atoms with Gasteiger partial charge in [0.05, 0.1) is 7.11 Å². The van der Waals surface area contributed by atoms with Crippen LogP contribution >= 0.6 is 0 Å². The summed E-state index contributed by atoms with van der Waals surface area (Å²) in [5.41, 5.74) is 0.870. The van der Waals surface area contributed by atoms with Crippen LogP contribution in [0.2, 0.25) is 0 Å². The molecule has 1 aromatic rings. The van der Waals surface area contributed by atoms with Crippen molar-refractivity contribution in [2.75, 3.05) is 25.1 Å². The van der Waals surface area contributed by atoms with Crippen molar-refractivity contribution >= 4 is 11.9 Å². The fraction of sp³-hybridized carbons (Fsp3) is 0.615. The summed E-state index contributed by atoms with van der Waals surface area (Å²) in [6.07, 6.45) is 1.99. The van der Waals surface area contributed by atoms with Gasteiger partial charge in [-0.1, -0.05) is 0 Å². The summed E-state index contributed by atoms with van der Waals surface area (Å²) in [5.74, 6) is 0.785. The number of anilines is 1. The van der Waals surface area contributed by atoms with Gasteiger partial charge in [0.15, 0.2) is 0 Å². The highest BCUT2D eigenvalue weighted by molar-refractivity contribution is 5.67. The minimum atomic E-state index is -0.716. The molecule has 0 atom stereocenters. The zero-order valence-electron chi connectivity index (χ0n) is 11.3. The Bertz CT molecular complexity index is 456. The van der Waals surface area contributed by atoms with Gasteiger partial charge in [-0.15, -0.1) is 0 Å². The van der Waals surface area contributed by atoms with Crippen LogP contribution in [0.1, 0.15) is 25.0 Å². The van der Waals surface area contributed by atoms with Crippen molar-refractivity contribution in [2.24, 2.45) is 5.92 Å². The second kappa shape index (κ2) is 5.86. The molecule has 0 spiro atoms. The Morgan fingerprint density at radius 1 is 1.47 bits per heavy atom. The molecule has 1 aliphatic rings. The second-order valence-corrected chi connectivity index (χ2v) is 4.88. The summed E-state index contributed by atoms with van der Waals surface area (Å²) in [4.78, 5) is 21.5. The first-order valence-electron chi connectivity index (χ1n) is 6.45. The molecule has 0 aliphatic carbocycles. The lowest BCUT2D eigenvalue weighted by Gasteiger charge is -2.31. The topological polar surface area (TPSA) is 75.5 Å². The number of carboxylic acids is 1. The number of aromatic nitrogens is 2. The first-order chi connectivity index (χ1) is 9.08. The molecular formula is C13H19N3O3. The molecule has 0 aromatic carbocycles. The van der Waals surface area contributed by atoms with E-state index in [1.807, 2.05) is 6.92 Å².